The van der Waals surface area contributed by atoms with E-state index in [0.717, 1.165) is 23.4 Å². The van der Waals surface area contributed by atoms with Gasteiger partial charge in [0.1, 0.15) is 0 Å². The number of ketones is 1. The Bertz CT molecular complexity index is 1070. The van der Waals surface area contributed by atoms with E-state index in [2.05, 4.69) is 42.3 Å². The maximum atomic E-state index is 12.9. The summed E-state index contributed by atoms with van der Waals surface area (Å²) < 4.78 is 1.70. The van der Waals surface area contributed by atoms with Gasteiger partial charge in [-0.3, -0.25) is 14.5 Å². The van der Waals surface area contributed by atoms with Crippen LogP contribution in [0, 0.1) is 13.8 Å². The minimum absolute atomic E-state index is 0.303. The van der Waals surface area contributed by atoms with E-state index in [1.807, 2.05) is 55.5 Å². The highest BCUT2D eigenvalue weighted by atomic mass is 16.2. The van der Waals surface area contributed by atoms with Crippen LogP contribution in [0.3, 0.4) is 0 Å². The Morgan fingerprint density at radius 1 is 1.00 bits per heavy atom. The molecular formula is C25H30N4O2. The third-order valence-corrected chi connectivity index (χ3v) is 5.58. The van der Waals surface area contributed by atoms with Gasteiger partial charge in [-0.1, -0.05) is 42.5 Å². The van der Waals surface area contributed by atoms with E-state index >= 15 is 0 Å². The monoisotopic (exact) mass is 418 g/mol. The number of aryl methyl sites for hydroxylation is 1. The van der Waals surface area contributed by atoms with Crippen LogP contribution in [0.1, 0.15) is 46.7 Å². The molecule has 0 saturated heterocycles. The van der Waals surface area contributed by atoms with Crippen molar-refractivity contribution in [3.8, 4) is 5.69 Å². The Hall–Kier alpha value is -3.25. The molecule has 0 unspecified atom stereocenters. The summed E-state index contributed by atoms with van der Waals surface area (Å²) in [6, 6.07) is 18.0. The first-order valence-corrected chi connectivity index (χ1v) is 10.5. The van der Waals surface area contributed by atoms with Gasteiger partial charge in [0.15, 0.2) is 0 Å². The first kappa shape index (κ1) is 22.4. The van der Waals surface area contributed by atoms with Crippen molar-refractivity contribution in [3.63, 3.8) is 0 Å². The molecule has 3 aromatic rings. The summed E-state index contributed by atoms with van der Waals surface area (Å²) in [5, 5.41) is 7.28. The highest BCUT2D eigenvalue weighted by Crippen LogP contribution is 2.19. The molecule has 6 nitrogen and oxygen atoms in total. The number of para-hydroxylation sites is 1. The summed E-state index contributed by atoms with van der Waals surface area (Å²) in [5.74, 6) is -1.18. The predicted molar refractivity (Wildman–Crippen MR) is 122 cm³/mol. The molecule has 0 bridgehead atoms. The Balaban J connectivity index is 1.75. The van der Waals surface area contributed by atoms with Crippen molar-refractivity contribution in [1.29, 1.82) is 0 Å². The van der Waals surface area contributed by atoms with Crippen LogP contribution in [0.4, 0.5) is 0 Å². The molecule has 1 heterocycles. The van der Waals surface area contributed by atoms with Crippen molar-refractivity contribution in [2.45, 2.75) is 46.8 Å². The number of Topliss-reactive ketones (excluding diaryl/α,β-unsaturated/α-hetero) is 1. The van der Waals surface area contributed by atoms with Gasteiger partial charge in [-0.15, -0.1) is 0 Å². The molecule has 31 heavy (non-hydrogen) atoms. The zero-order valence-corrected chi connectivity index (χ0v) is 18.8. The topological polar surface area (TPSA) is 67.2 Å². The first-order valence-electron chi connectivity index (χ1n) is 10.5. The highest BCUT2D eigenvalue weighted by Gasteiger charge is 2.25. The SMILES string of the molecule is Cc1nn(-c2ccccc2)c(C)c1C(=O)C(=O)NCc1ccccc1CN(C)C(C)C. The van der Waals surface area contributed by atoms with E-state index < -0.39 is 11.7 Å². The molecule has 3 rings (SSSR count). The molecule has 6 heteroatoms. The lowest BCUT2D eigenvalue weighted by molar-refractivity contribution is -0.117. The Morgan fingerprint density at radius 2 is 1.61 bits per heavy atom. The van der Waals surface area contributed by atoms with E-state index in [1.165, 1.54) is 0 Å². The van der Waals surface area contributed by atoms with Gasteiger partial charge in [0.05, 0.1) is 22.6 Å². The van der Waals surface area contributed by atoms with Crippen LogP contribution in [0.25, 0.3) is 5.69 Å². The van der Waals surface area contributed by atoms with Crippen LogP contribution in [-0.2, 0) is 17.9 Å². The van der Waals surface area contributed by atoms with Gasteiger partial charge in [0.25, 0.3) is 11.7 Å². The Morgan fingerprint density at radius 3 is 2.26 bits per heavy atom. The van der Waals surface area contributed by atoms with Crippen LogP contribution < -0.4 is 5.32 Å². The van der Waals surface area contributed by atoms with Crippen molar-refractivity contribution in [1.82, 2.24) is 20.0 Å². The predicted octanol–water partition coefficient (Wildman–Crippen LogP) is 3.83. The van der Waals surface area contributed by atoms with E-state index in [-0.39, 0.29) is 0 Å². The number of carbonyl (C=O) groups is 2. The maximum absolute atomic E-state index is 12.9. The zero-order chi connectivity index (χ0) is 22.5. The molecule has 0 aliphatic heterocycles. The molecular weight excluding hydrogens is 388 g/mol. The molecule has 0 aliphatic rings. The van der Waals surface area contributed by atoms with E-state index in [9.17, 15) is 9.59 Å². The van der Waals surface area contributed by atoms with Crippen molar-refractivity contribution in [2.24, 2.45) is 0 Å². The number of hydrogen-bond donors (Lipinski definition) is 1. The number of aromatic nitrogens is 2. The van der Waals surface area contributed by atoms with Crippen LogP contribution in [0.5, 0.6) is 0 Å². The van der Waals surface area contributed by atoms with Crippen molar-refractivity contribution in [2.75, 3.05) is 7.05 Å². The lowest BCUT2D eigenvalue weighted by Gasteiger charge is -2.22. The van der Waals surface area contributed by atoms with E-state index in [1.54, 1.807) is 11.6 Å². The van der Waals surface area contributed by atoms with E-state index in [0.29, 0.717) is 29.5 Å². The van der Waals surface area contributed by atoms with Gasteiger partial charge < -0.3 is 5.32 Å². The number of nitrogens with zero attached hydrogens (tertiary/aromatic N) is 3. The Labute approximate surface area is 183 Å². The minimum Gasteiger partial charge on any atom is -0.345 e. The fraction of sp³-hybridized carbons (Fsp3) is 0.320. The molecule has 0 atom stereocenters. The van der Waals surface area contributed by atoms with Gasteiger partial charge >= 0.3 is 0 Å². The molecule has 1 aromatic heterocycles. The zero-order valence-electron chi connectivity index (χ0n) is 18.8. The third-order valence-electron chi connectivity index (χ3n) is 5.58. The maximum Gasteiger partial charge on any atom is 0.292 e. The fourth-order valence-electron chi connectivity index (χ4n) is 3.50. The lowest BCUT2D eigenvalue weighted by Crippen LogP contribution is -2.32. The first-order chi connectivity index (χ1) is 14.8. The molecule has 0 aliphatic carbocycles. The molecule has 162 valence electrons. The molecule has 1 N–H and O–H groups in total. The standard InChI is InChI=1S/C25H30N4O2/c1-17(2)28(5)16-21-12-10-9-11-20(21)15-26-25(31)24(30)23-18(3)27-29(19(23)4)22-13-7-6-8-14-22/h6-14,17H,15-16H2,1-5H3,(H,26,31). The van der Waals surface area contributed by atoms with Gasteiger partial charge in [-0.2, -0.15) is 5.10 Å². The normalized spacial score (nSPS) is 11.2. The third kappa shape index (κ3) is 5.09. The van der Waals surface area contributed by atoms with Crippen molar-refractivity contribution in [3.05, 3.63) is 82.7 Å². The van der Waals surface area contributed by atoms with Gasteiger partial charge in [0, 0.05) is 19.1 Å². The second-order valence-electron chi connectivity index (χ2n) is 8.08. The molecule has 1 amide bonds. The number of rotatable bonds is 8. The van der Waals surface area contributed by atoms with Crippen LogP contribution in [0.15, 0.2) is 54.6 Å². The van der Waals surface area contributed by atoms with Crippen molar-refractivity contribution < 1.29 is 9.59 Å². The molecule has 0 saturated carbocycles. The summed E-state index contributed by atoms with van der Waals surface area (Å²) in [6.45, 7) is 8.93. The summed E-state index contributed by atoms with van der Waals surface area (Å²) in [6.07, 6.45) is 0. The Kier molecular flexibility index (Phi) is 7.02. The average Bonchev–Trinajstić information content (AvgIpc) is 3.06. The number of nitrogens with one attached hydrogen (secondary N) is 1. The summed E-state index contributed by atoms with van der Waals surface area (Å²) in [5.41, 5.74) is 4.54. The van der Waals surface area contributed by atoms with Gasteiger partial charge in [0.2, 0.25) is 0 Å². The second-order valence-corrected chi connectivity index (χ2v) is 8.08. The summed E-state index contributed by atoms with van der Waals surface area (Å²) >= 11 is 0. The van der Waals surface area contributed by atoms with Gasteiger partial charge in [-0.25, -0.2) is 4.68 Å². The smallest absolute Gasteiger partial charge is 0.292 e. The minimum atomic E-state index is -0.620. The van der Waals surface area contributed by atoms with Crippen molar-refractivity contribution >= 4 is 11.7 Å². The number of hydrogen-bond acceptors (Lipinski definition) is 4. The fourth-order valence-corrected chi connectivity index (χ4v) is 3.50. The molecule has 0 fully saturated rings. The number of benzene rings is 2. The lowest BCUT2D eigenvalue weighted by atomic mass is 10.1. The second kappa shape index (κ2) is 9.71. The van der Waals surface area contributed by atoms with E-state index in [4.69, 9.17) is 0 Å². The number of carbonyl (C=O) groups excluding carboxylic acids is 2. The molecule has 0 spiro atoms. The number of amides is 1. The molecule has 0 radical (unpaired) electrons. The molecule has 2 aromatic carbocycles. The van der Waals surface area contributed by atoms with Crippen LogP contribution >= 0.6 is 0 Å². The largest absolute Gasteiger partial charge is 0.345 e. The summed E-state index contributed by atoms with van der Waals surface area (Å²) in [4.78, 5) is 27.9. The van der Waals surface area contributed by atoms with Crippen LogP contribution in [-0.4, -0.2) is 39.5 Å². The average molecular weight is 419 g/mol. The highest BCUT2D eigenvalue weighted by molar-refractivity contribution is 6.43. The van der Waals surface area contributed by atoms with Gasteiger partial charge in [-0.05, 0) is 58.0 Å². The summed E-state index contributed by atoms with van der Waals surface area (Å²) in [7, 11) is 2.07. The quantitative estimate of drug-likeness (QED) is 0.446. The van der Waals surface area contributed by atoms with Crippen LogP contribution in [0.2, 0.25) is 0 Å².